The Morgan fingerprint density at radius 1 is 1.03 bits per heavy atom. The quantitative estimate of drug-likeness (QED) is 0.585. The van der Waals surface area contributed by atoms with E-state index in [1.165, 1.54) is 6.92 Å². The molecule has 2 N–H and O–H groups in total. The van der Waals surface area contributed by atoms with Crippen LogP contribution in [0.15, 0.2) is 60.7 Å². The molecule has 0 aliphatic carbocycles. The third-order valence-corrected chi connectivity index (χ3v) is 5.55. The molecule has 1 aromatic heterocycles. The lowest BCUT2D eigenvalue weighted by Gasteiger charge is -2.33. The summed E-state index contributed by atoms with van der Waals surface area (Å²) in [6.45, 7) is 2.88. The minimum atomic E-state index is -0.599. The van der Waals surface area contributed by atoms with Gasteiger partial charge >= 0.3 is 0 Å². The highest BCUT2D eigenvalue weighted by Crippen LogP contribution is 2.20. The van der Waals surface area contributed by atoms with Crippen LogP contribution in [0.3, 0.4) is 0 Å². The van der Waals surface area contributed by atoms with Gasteiger partial charge in [0.1, 0.15) is 6.04 Å². The van der Waals surface area contributed by atoms with Crippen molar-refractivity contribution < 1.29 is 9.59 Å². The molecule has 2 amide bonds. The second-order valence-corrected chi connectivity index (χ2v) is 7.94. The summed E-state index contributed by atoms with van der Waals surface area (Å²) < 4.78 is 1.73. The van der Waals surface area contributed by atoms with Gasteiger partial charge in [-0.1, -0.05) is 53.6 Å². The first-order valence-corrected chi connectivity index (χ1v) is 10.8. The smallest absolute Gasteiger partial charge is 0.250 e. The van der Waals surface area contributed by atoms with E-state index in [4.69, 9.17) is 0 Å². The van der Waals surface area contributed by atoms with Gasteiger partial charge in [-0.3, -0.25) is 9.59 Å². The second kappa shape index (κ2) is 10.0. The number of para-hydroxylation sites is 1. The molecule has 1 atom stereocenters. The first-order valence-electron chi connectivity index (χ1n) is 10.8. The Labute approximate surface area is 186 Å². The van der Waals surface area contributed by atoms with Crippen LogP contribution in [0.5, 0.6) is 0 Å². The van der Waals surface area contributed by atoms with Crippen LogP contribution in [0.4, 0.5) is 5.95 Å². The molecule has 1 fully saturated rings. The molecule has 4 rings (SSSR count). The summed E-state index contributed by atoms with van der Waals surface area (Å²) >= 11 is 0. The number of hydrogen-bond acceptors (Lipinski definition) is 6. The van der Waals surface area contributed by atoms with E-state index in [0.29, 0.717) is 12.4 Å². The third kappa shape index (κ3) is 5.29. The summed E-state index contributed by atoms with van der Waals surface area (Å²) in [7, 11) is 0. The van der Waals surface area contributed by atoms with Crippen molar-refractivity contribution >= 4 is 17.8 Å². The molecule has 0 radical (unpaired) electrons. The van der Waals surface area contributed by atoms with Crippen LogP contribution in [-0.4, -0.2) is 57.2 Å². The molecule has 32 heavy (non-hydrogen) atoms. The normalized spacial score (nSPS) is 15.2. The summed E-state index contributed by atoms with van der Waals surface area (Å²) in [6, 6.07) is 18.9. The van der Waals surface area contributed by atoms with Gasteiger partial charge in [0, 0.05) is 32.5 Å². The van der Waals surface area contributed by atoms with Crippen molar-refractivity contribution in [2.45, 2.75) is 38.3 Å². The molecule has 3 aromatic rings. The standard InChI is InChI=1S/C23H27N7O2/c1-17(31)24-21(16-18-8-4-2-5-9-18)22(32)25-19-12-14-29(15-13-19)23-26-27-28-30(23)20-10-6-3-7-11-20/h2-11,19,21H,12-16H2,1H3,(H,24,31)(H,25,32)/t21-/m0/s1. The molecule has 2 aromatic carbocycles. The Hall–Kier alpha value is -3.75. The van der Waals surface area contributed by atoms with E-state index >= 15 is 0 Å². The van der Waals surface area contributed by atoms with E-state index in [1.54, 1.807) is 4.68 Å². The van der Waals surface area contributed by atoms with E-state index in [-0.39, 0.29) is 17.9 Å². The largest absolute Gasteiger partial charge is 0.351 e. The molecule has 2 heterocycles. The molecule has 166 valence electrons. The molecule has 0 unspecified atom stereocenters. The van der Waals surface area contributed by atoms with E-state index in [2.05, 4.69) is 31.1 Å². The summed E-state index contributed by atoms with van der Waals surface area (Å²) in [5.41, 5.74) is 1.91. The Balaban J connectivity index is 1.35. The number of rotatable bonds is 7. The van der Waals surface area contributed by atoms with Gasteiger partial charge in [-0.25, -0.2) is 0 Å². The van der Waals surface area contributed by atoms with Gasteiger partial charge < -0.3 is 15.5 Å². The molecular formula is C23H27N7O2. The second-order valence-electron chi connectivity index (χ2n) is 7.94. The lowest BCUT2D eigenvalue weighted by atomic mass is 10.0. The number of hydrogen-bond donors (Lipinski definition) is 2. The van der Waals surface area contributed by atoms with E-state index in [1.807, 2.05) is 60.7 Å². The maximum absolute atomic E-state index is 12.9. The number of nitrogens with one attached hydrogen (secondary N) is 2. The number of carbonyl (C=O) groups excluding carboxylic acids is 2. The maximum atomic E-state index is 12.9. The molecule has 1 saturated heterocycles. The topological polar surface area (TPSA) is 105 Å². The van der Waals surface area contributed by atoms with Gasteiger partial charge in [0.15, 0.2) is 0 Å². The minimum absolute atomic E-state index is 0.0341. The zero-order chi connectivity index (χ0) is 22.3. The first kappa shape index (κ1) is 21.5. The number of piperidine rings is 1. The van der Waals surface area contributed by atoms with Crippen LogP contribution in [0, 0.1) is 0 Å². The fourth-order valence-electron chi connectivity index (χ4n) is 3.95. The summed E-state index contributed by atoms with van der Waals surface area (Å²) in [5, 5.41) is 18.1. The van der Waals surface area contributed by atoms with E-state index < -0.39 is 6.04 Å². The lowest BCUT2D eigenvalue weighted by molar-refractivity contribution is -0.128. The van der Waals surface area contributed by atoms with Crippen LogP contribution in [0.1, 0.15) is 25.3 Å². The summed E-state index contributed by atoms with van der Waals surface area (Å²) in [6.07, 6.45) is 1.99. The molecule has 0 saturated carbocycles. The molecule has 0 bridgehead atoms. The zero-order valence-corrected chi connectivity index (χ0v) is 18.0. The highest BCUT2D eigenvalue weighted by molar-refractivity contribution is 5.87. The molecule has 9 nitrogen and oxygen atoms in total. The third-order valence-electron chi connectivity index (χ3n) is 5.55. The minimum Gasteiger partial charge on any atom is -0.351 e. The number of nitrogens with zero attached hydrogens (tertiary/aromatic N) is 5. The first-order chi connectivity index (χ1) is 15.6. The predicted molar refractivity (Wildman–Crippen MR) is 120 cm³/mol. The van der Waals surface area contributed by atoms with Crippen LogP contribution in [0.25, 0.3) is 5.69 Å². The monoisotopic (exact) mass is 433 g/mol. The number of anilines is 1. The summed E-state index contributed by atoms with van der Waals surface area (Å²) in [4.78, 5) is 26.7. The molecule has 0 spiro atoms. The van der Waals surface area contributed by atoms with Crippen LogP contribution < -0.4 is 15.5 Å². The van der Waals surface area contributed by atoms with Crippen LogP contribution in [-0.2, 0) is 16.0 Å². The predicted octanol–water partition coefficient (Wildman–Crippen LogP) is 1.49. The number of amides is 2. The van der Waals surface area contributed by atoms with E-state index in [9.17, 15) is 9.59 Å². The van der Waals surface area contributed by atoms with Gasteiger partial charge in [0.25, 0.3) is 0 Å². The molecule has 1 aliphatic heterocycles. The summed E-state index contributed by atoms with van der Waals surface area (Å²) in [5.74, 6) is 0.321. The van der Waals surface area contributed by atoms with Crippen molar-refractivity contribution in [1.29, 1.82) is 0 Å². The van der Waals surface area contributed by atoms with Crippen LogP contribution in [0.2, 0.25) is 0 Å². The van der Waals surface area contributed by atoms with Crippen molar-refractivity contribution in [2.75, 3.05) is 18.0 Å². The number of tetrazole rings is 1. The Bertz CT molecular complexity index is 1030. The van der Waals surface area contributed by atoms with Crippen molar-refractivity contribution in [3.05, 3.63) is 66.2 Å². The molecular weight excluding hydrogens is 406 g/mol. The van der Waals surface area contributed by atoms with Gasteiger partial charge in [-0.15, -0.1) is 0 Å². The van der Waals surface area contributed by atoms with Crippen LogP contribution >= 0.6 is 0 Å². The number of carbonyl (C=O) groups is 2. The highest BCUT2D eigenvalue weighted by Gasteiger charge is 2.27. The fourth-order valence-corrected chi connectivity index (χ4v) is 3.95. The van der Waals surface area contributed by atoms with Gasteiger partial charge in [-0.2, -0.15) is 4.68 Å². The molecule has 9 heteroatoms. The van der Waals surface area contributed by atoms with Gasteiger partial charge in [0.05, 0.1) is 5.69 Å². The Morgan fingerprint density at radius 3 is 2.34 bits per heavy atom. The van der Waals surface area contributed by atoms with Gasteiger partial charge in [0.2, 0.25) is 17.8 Å². The average Bonchev–Trinajstić information content (AvgIpc) is 3.30. The Morgan fingerprint density at radius 2 is 1.69 bits per heavy atom. The number of benzene rings is 2. The van der Waals surface area contributed by atoms with Crippen molar-refractivity contribution in [1.82, 2.24) is 30.8 Å². The fraction of sp³-hybridized carbons (Fsp3) is 0.348. The SMILES string of the molecule is CC(=O)N[C@@H](Cc1ccccc1)C(=O)NC1CCN(c2nnnn2-c2ccccc2)CC1. The van der Waals surface area contributed by atoms with Crippen molar-refractivity contribution in [3.8, 4) is 5.69 Å². The van der Waals surface area contributed by atoms with E-state index in [0.717, 1.165) is 37.2 Å². The Kier molecular flexibility index (Phi) is 6.74. The average molecular weight is 434 g/mol. The molecule has 1 aliphatic rings. The zero-order valence-electron chi connectivity index (χ0n) is 18.0. The number of aromatic nitrogens is 4. The van der Waals surface area contributed by atoms with Crippen molar-refractivity contribution in [3.63, 3.8) is 0 Å². The highest BCUT2D eigenvalue weighted by atomic mass is 16.2. The lowest BCUT2D eigenvalue weighted by Crippen LogP contribution is -2.52. The van der Waals surface area contributed by atoms with Crippen molar-refractivity contribution in [2.24, 2.45) is 0 Å². The maximum Gasteiger partial charge on any atom is 0.250 e. The van der Waals surface area contributed by atoms with Gasteiger partial charge in [-0.05, 0) is 41.0 Å².